The second-order valence-electron chi connectivity index (χ2n) is 9.29. The first-order valence-corrected chi connectivity index (χ1v) is 10.4. The Hall–Kier alpha value is -0.760. The van der Waals surface area contributed by atoms with Crippen LogP contribution in [-0.4, -0.2) is 18.3 Å². The number of hydrogen-bond donors (Lipinski definition) is 0. The Labute approximate surface area is 146 Å². The van der Waals surface area contributed by atoms with E-state index in [9.17, 15) is 0 Å². The van der Waals surface area contributed by atoms with Gasteiger partial charge >= 0.3 is 0 Å². The van der Waals surface area contributed by atoms with Crippen LogP contribution in [0.2, 0.25) is 0 Å². The fraction of sp³-hybridized carbons (Fsp3) is 0.818. The Bertz CT molecular complexity index is 583. The summed E-state index contributed by atoms with van der Waals surface area (Å²) in [5.41, 5.74) is 3.06. The molecule has 0 amide bonds. The molecule has 24 heavy (non-hydrogen) atoms. The molecule has 5 rings (SSSR count). The second-order valence-corrected chi connectivity index (χ2v) is 9.29. The van der Waals surface area contributed by atoms with E-state index < -0.39 is 0 Å². The lowest BCUT2D eigenvalue weighted by molar-refractivity contribution is -0.0955. The molecule has 5 aliphatic rings. The molecule has 4 fully saturated rings. The topological polar surface area (TPSA) is 18.5 Å². The van der Waals surface area contributed by atoms with Gasteiger partial charge in [-0.2, -0.15) is 0 Å². The highest BCUT2D eigenvalue weighted by atomic mass is 16.5. The zero-order valence-corrected chi connectivity index (χ0v) is 15.4. The summed E-state index contributed by atoms with van der Waals surface area (Å²) in [6, 6.07) is 0. The second kappa shape index (κ2) is 5.62. The highest BCUT2D eigenvalue weighted by Crippen LogP contribution is 2.57. The largest absolute Gasteiger partial charge is 0.489 e. The monoisotopic (exact) mass is 328 g/mol. The number of fused-ring (bicyclic) bond motifs is 3. The van der Waals surface area contributed by atoms with Crippen LogP contribution < -0.4 is 0 Å². The summed E-state index contributed by atoms with van der Waals surface area (Å²) in [5.74, 6) is 4.77. The molecular formula is C22H32O2. The molecule has 3 saturated carbocycles. The quantitative estimate of drug-likeness (QED) is 0.642. The van der Waals surface area contributed by atoms with Crippen molar-refractivity contribution in [3.05, 3.63) is 23.0 Å². The van der Waals surface area contributed by atoms with Crippen molar-refractivity contribution in [2.45, 2.75) is 83.3 Å². The van der Waals surface area contributed by atoms with Crippen LogP contribution in [0.3, 0.4) is 0 Å². The van der Waals surface area contributed by atoms with Gasteiger partial charge in [0.1, 0.15) is 12.4 Å². The molecule has 132 valence electrons. The van der Waals surface area contributed by atoms with E-state index in [0.717, 1.165) is 30.3 Å². The third kappa shape index (κ3) is 2.25. The summed E-state index contributed by atoms with van der Waals surface area (Å²) in [5, 5.41) is 0. The first kappa shape index (κ1) is 15.5. The van der Waals surface area contributed by atoms with Crippen LogP contribution in [0.4, 0.5) is 0 Å². The number of hydrogen-bond acceptors (Lipinski definition) is 2. The van der Waals surface area contributed by atoms with Gasteiger partial charge in [-0.1, -0.05) is 19.8 Å². The van der Waals surface area contributed by atoms with Gasteiger partial charge in [-0.25, -0.2) is 0 Å². The van der Waals surface area contributed by atoms with Gasteiger partial charge in [0, 0.05) is 5.57 Å². The fourth-order valence-electron chi connectivity index (χ4n) is 6.54. The molecular weight excluding hydrogens is 296 g/mol. The molecule has 2 heterocycles. The van der Waals surface area contributed by atoms with Crippen molar-refractivity contribution in [1.82, 2.24) is 0 Å². The zero-order chi connectivity index (χ0) is 16.3. The van der Waals surface area contributed by atoms with Crippen LogP contribution in [0, 0.1) is 23.7 Å². The van der Waals surface area contributed by atoms with Gasteiger partial charge in [0.05, 0.1) is 11.7 Å². The van der Waals surface area contributed by atoms with Crippen LogP contribution in [0.5, 0.6) is 0 Å². The van der Waals surface area contributed by atoms with E-state index in [2.05, 4.69) is 19.9 Å². The van der Waals surface area contributed by atoms with E-state index in [1.807, 2.05) is 0 Å². The van der Waals surface area contributed by atoms with Crippen molar-refractivity contribution in [1.29, 1.82) is 0 Å². The van der Waals surface area contributed by atoms with Crippen molar-refractivity contribution in [2.24, 2.45) is 23.7 Å². The van der Waals surface area contributed by atoms with E-state index >= 15 is 0 Å². The molecule has 6 unspecified atom stereocenters. The maximum Gasteiger partial charge on any atom is 0.124 e. The van der Waals surface area contributed by atoms with Crippen LogP contribution in [0.15, 0.2) is 23.0 Å². The molecule has 0 spiro atoms. The third-order valence-electron chi connectivity index (χ3n) is 8.05. The van der Waals surface area contributed by atoms with Gasteiger partial charge in [-0.05, 0) is 87.2 Å². The Morgan fingerprint density at radius 3 is 2.75 bits per heavy atom. The molecule has 0 aromatic rings. The van der Waals surface area contributed by atoms with Crippen LogP contribution in [0.1, 0.15) is 71.6 Å². The Morgan fingerprint density at radius 2 is 1.96 bits per heavy atom. The Balaban J connectivity index is 1.40. The van der Waals surface area contributed by atoms with Crippen LogP contribution in [-0.2, 0) is 9.47 Å². The molecule has 2 heteroatoms. The molecule has 0 aromatic heterocycles. The van der Waals surface area contributed by atoms with E-state index in [1.165, 1.54) is 69.1 Å². The summed E-state index contributed by atoms with van der Waals surface area (Å²) >= 11 is 0. The van der Waals surface area contributed by atoms with Gasteiger partial charge in [-0.3, -0.25) is 0 Å². The van der Waals surface area contributed by atoms with Gasteiger partial charge in [-0.15, -0.1) is 0 Å². The van der Waals surface area contributed by atoms with Crippen molar-refractivity contribution < 1.29 is 9.47 Å². The molecule has 2 aliphatic heterocycles. The molecule has 0 bridgehead atoms. The maximum atomic E-state index is 6.79. The van der Waals surface area contributed by atoms with E-state index in [1.54, 1.807) is 5.57 Å². The Kier molecular flexibility index (Phi) is 3.63. The molecule has 1 saturated heterocycles. The lowest BCUT2D eigenvalue weighted by atomic mass is 9.57. The minimum Gasteiger partial charge on any atom is -0.489 e. The molecule has 2 nitrogen and oxygen atoms in total. The predicted octanol–water partition coefficient (Wildman–Crippen LogP) is 5.39. The zero-order valence-electron chi connectivity index (χ0n) is 15.4. The SMILES string of the molecule is CC1CCCC2C1CCC1(C)OC(C3=CCOC3=C3CCC3)CC21. The number of rotatable bonds is 1. The molecule has 0 aromatic carbocycles. The minimum atomic E-state index is 0.113. The number of allylic oxidation sites excluding steroid dienone is 1. The summed E-state index contributed by atoms with van der Waals surface area (Å²) < 4.78 is 12.8. The third-order valence-corrected chi connectivity index (χ3v) is 8.05. The predicted molar refractivity (Wildman–Crippen MR) is 95.5 cm³/mol. The molecule has 6 atom stereocenters. The number of ether oxygens (including phenoxy) is 2. The summed E-state index contributed by atoms with van der Waals surface area (Å²) in [4.78, 5) is 0. The first-order chi connectivity index (χ1) is 11.7. The maximum absolute atomic E-state index is 6.79. The van der Waals surface area contributed by atoms with Gasteiger partial charge in [0.2, 0.25) is 0 Å². The van der Waals surface area contributed by atoms with Crippen LogP contribution >= 0.6 is 0 Å². The van der Waals surface area contributed by atoms with Crippen molar-refractivity contribution in [3.8, 4) is 0 Å². The summed E-state index contributed by atoms with van der Waals surface area (Å²) in [7, 11) is 0. The first-order valence-electron chi connectivity index (χ1n) is 10.4. The van der Waals surface area contributed by atoms with Gasteiger partial charge in [0.25, 0.3) is 0 Å². The van der Waals surface area contributed by atoms with Crippen molar-refractivity contribution in [3.63, 3.8) is 0 Å². The molecule has 0 radical (unpaired) electrons. The van der Waals surface area contributed by atoms with Crippen LogP contribution in [0.25, 0.3) is 0 Å². The average Bonchev–Trinajstić information content (AvgIpc) is 3.10. The fourth-order valence-corrected chi connectivity index (χ4v) is 6.54. The minimum absolute atomic E-state index is 0.113. The highest BCUT2D eigenvalue weighted by Gasteiger charge is 2.55. The lowest BCUT2D eigenvalue weighted by Gasteiger charge is -2.49. The summed E-state index contributed by atoms with van der Waals surface area (Å²) in [6.45, 7) is 5.68. The lowest BCUT2D eigenvalue weighted by Crippen LogP contribution is -2.47. The van der Waals surface area contributed by atoms with E-state index in [4.69, 9.17) is 9.47 Å². The van der Waals surface area contributed by atoms with Crippen molar-refractivity contribution in [2.75, 3.05) is 6.61 Å². The highest BCUT2D eigenvalue weighted by molar-refractivity contribution is 5.40. The van der Waals surface area contributed by atoms with Crippen molar-refractivity contribution >= 4 is 0 Å². The molecule has 3 aliphatic carbocycles. The Morgan fingerprint density at radius 1 is 1.08 bits per heavy atom. The van der Waals surface area contributed by atoms with E-state index in [0.29, 0.717) is 6.10 Å². The normalized spacial score (nSPS) is 47.6. The smallest absolute Gasteiger partial charge is 0.124 e. The standard InChI is InChI=1S/C22H32O2/c1-14-5-3-8-17-16(14)9-11-22(2)19(17)13-20(24-22)18-10-12-23-21(18)15-6-4-7-15/h10,14,16-17,19-20H,3-9,11-13H2,1-2H3. The summed E-state index contributed by atoms with van der Waals surface area (Å²) in [6.07, 6.45) is 14.6. The molecule has 0 N–H and O–H groups in total. The van der Waals surface area contributed by atoms with E-state index in [-0.39, 0.29) is 5.60 Å². The van der Waals surface area contributed by atoms with Gasteiger partial charge < -0.3 is 9.47 Å². The average molecular weight is 328 g/mol. The van der Waals surface area contributed by atoms with Gasteiger partial charge in [0.15, 0.2) is 0 Å².